The van der Waals surface area contributed by atoms with Gasteiger partial charge < -0.3 is 10.1 Å². The van der Waals surface area contributed by atoms with Crippen molar-refractivity contribution in [3.8, 4) is 0 Å². The number of hydrogen-bond donors (Lipinski definition) is 1. The first-order chi connectivity index (χ1) is 9.20. The van der Waals surface area contributed by atoms with E-state index in [9.17, 15) is 9.59 Å². The quantitative estimate of drug-likeness (QED) is 0.777. The molecule has 19 heavy (non-hydrogen) atoms. The lowest BCUT2D eigenvalue weighted by Gasteiger charge is -2.29. The summed E-state index contributed by atoms with van der Waals surface area (Å²) in [6.45, 7) is 6.93. The van der Waals surface area contributed by atoms with Gasteiger partial charge in [-0.2, -0.15) is 0 Å². The fraction of sp³-hybridized carbons (Fsp3) is 0.846. The third-order valence-electron chi connectivity index (χ3n) is 3.78. The van der Waals surface area contributed by atoms with Crippen LogP contribution in [-0.2, 0) is 9.53 Å². The van der Waals surface area contributed by atoms with Crippen LogP contribution in [0.4, 0.5) is 4.79 Å². The Labute approximate surface area is 114 Å². The van der Waals surface area contributed by atoms with Crippen molar-refractivity contribution in [2.45, 2.75) is 19.8 Å². The lowest BCUT2D eigenvalue weighted by Crippen LogP contribution is -2.44. The Kier molecular flexibility index (Phi) is 5.15. The minimum absolute atomic E-state index is 0.145. The molecule has 0 radical (unpaired) electrons. The fourth-order valence-electron chi connectivity index (χ4n) is 2.65. The second kappa shape index (κ2) is 6.86. The van der Waals surface area contributed by atoms with Crippen molar-refractivity contribution in [2.75, 3.05) is 45.9 Å². The Morgan fingerprint density at radius 3 is 3.00 bits per heavy atom. The van der Waals surface area contributed by atoms with Crippen molar-refractivity contribution in [2.24, 2.45) is 5.92 Å². The van der Waals surface area contributed by atoms with Gasteiger partial charge in [0.15, 0.2) is 0 Å². The van der Waals surface area contributed by atoms with Crippen LogP contribution in [0.3, 0.4) is 0 Å². The first-order valence-electron chi connectivity index (χ1n) is 7.11. The molecular formula is C13H23N3O3. The number of hydrogen-bond acceptors (Lipinski definition) is 5. The van der Waals surface area contributed by atoms with E-state index in [0.717, 1.165) is 26.2 Å². The molecule has 108 valence electrons. The summed E-state index contributed by atoms with van der Waals surface area (Å²) in [6.07, 6.45) is 1.92. The Bertz CT molecular complexity index is 329. The second-order valence-electron chi connectivity index (χ2n) is 5.20. The van der Waals surface area contributed by atoms with Crippen molar-refractivity contribution in [3.63, 3.8) is 0 Å². The van der Waals surface area contributed by atoms with Gasteiger partial charge in [-0.25, -0.2) is 9.69 Å². The average Bonchev–Trinajstić information content (AvgIpc) is 2.85. The third-order valence-corrected chi connectivity index (χ3v) is 3.78. The molecule has 2 rings (SSSR count). The van der Waals surface area contributed by atoms with Crippen LogP contribution < -0.4 is 5.32 Å². The normalized spacial score (nSPS) is 23.8. The Balaban J connectivity index is 1.80. The lowest BCUT2D eigenvalue weighted by molar-refractivity contribution is -0.129. The SMILES string of the molecule is CCN(CC(=O)N1CCOC1=O)CC1CCCNC1. The molecule has 0 aromatic heterocycles. The van der Waals surface area contributed by atoms with Crippen LogP contribution >= 0.6 is 0 Å². The van der Waals surface area contributed by atoms with Gasteiger partial charge in [-0.1, -0.05) is 6.92 Å². The first-order valence-corrected chi connectivity index (χ1v) is 7.11. The molecule has 0 aromatic rings. The molecule has 2 fully saturated rings. The zero-order valence-electron chi connectivity index (χ0n) is 11.6. The highest BCUT2D eigenvalue weighted by Gasteiger charge is 2.29. The zero-order valence-corrected chi connectivity index (χ0v) is 11.6. The maximum absolute atomic E-state index is 12.0. The first kappa shape index (κ1) is 14.3. The summed E-state index contributed by atoms with van der Waals surface area (Å²) in [5.74, 6) is 0.458. The molecule has 2 heterocycles. The molecule has 1 atom stereocenters. The summed E-state index contributed by atoms with van der Waals surface area (Å²) in [6, 6.07) is 0. The molecule has 0 spiro atoms. The number of cyclic esters (lactones) is 1. The lowest BCUT2D eigenvalue weighted by atomic mass is 9.99. The van der Waals surface area contributed by atoms with Crippen molar-refractivity contribution < 1.29 is 14.3 Å². The molecule has 2 saturated heterocycles. The topological polar surface area (TPSA) is 61.9 Å². The fourth-order valence-corrected chi connectivity index (χ4v) is 2.65. The predicted molar refractivity (Wildman–Crippen MR) is 70.8 cm³/mol. The van der Waals surface area contributed by atoms with Crippen LogP contribution in [0.15, 0.2) is 0 Å². The standard InChI is InChI=1S/C13H23N3O3/c1-2-15(9-11-4-3-5-14-8-11)10-12(17)16-6-7-19-13(16)18/h11,14H,2-10H2,1H3. The highest BCUT2D eigenvalue weighted by molar-refractivity contribution is 5.93. The number of piperidine rings is 1. The molecule has 1 N–H and O–H groups in total. The Morgan fingerprint density at radius 2 is 2.42 bits per heavy atom. The van der Waals surface area contributed by atoms with Gasteiger partial charge in [-0.05, 0) is 38.4 Å². The van der Waals surface area contributed by atoms with Gasteiger partial charge in [0.25, 0.3) is 0 Å². The molecule has 6 heteroatoms. The van der Waals surface area contributed by atoms with E-state index < -0.39 is 6.09 Å². The average molecular weight is 269 g/mol. The largest absolute Gasteiger partial charge is 0.447 e. The minimum Gasteiger partial charge on any atom is -0.447 e. The highest BCUT2D eigenvalue weighted by atomic mass is 16.6. The number of imide groups is 1. The molecule has 0 saturated carbocycles. The molecule has 2 aliphatic rings. The molecule has 0 aromatic carbocycles. The number of ether oxygens (including phenoxy) is 1. The van der Waals surface area contributed by atoms with Gasteiger partial charge in [0.05, 0.1) is 13.1 Å². The van der Waals surface area contributed by atoms with E-state index in [4.69, 9.17) is 4.74 Å². The van der Waals surface area contributed by atoms with Crippen molar-refractivity contribution in [1.82, 2.24) is 15.1 Å². The molecule has 1 unspecified atom stereocenters. The Hall–Kier alpha value is -1.14. The van der Waals surface area contributed by atoms with Crippen LogP contribution in [-0.4, -0.2) is 67.7 Å². The van der Waals surface area contributed by atoms with E-state index in [-0.39, 0.29) is 5.91 Å². The summed E-state index contributed by atoms with van der Waals surface area (Å²) in [7, 11) is 0. The summed E-state index contributed by atoms with van der Waals surface area (Å²) in [4.78, 5) is 26.7. The van der Waals surface area contributed by atoms with Crippen LogP contribution in [0.25, 0.3) is 0 Å². The smallest absolute Gasteiger partial charge is 0.416 e. The number of rotatable bonds is 5. The number of carbonyl (C=O) groups is 2. The van der Waals surface area contributed by atoms with E-state index in [1.54, 1.807) is 0 Å². The summed E-state index contributed by atoms with van der Waals surface area (Å²) < 4.78 is 4.79. The number of nitrogens with zero attached hydrogens (tertiary/aromatic N) is 2. The molecular weight excluding hydrogens is 246 g/mol. The Morgan fingerprint density at radius 1 is 1.58 bits per heavy atom. The monoisotopic (exact) mass is 269 g/mol. The van der Waals surface area contributed by atoms with E-state index in [1.165, 1.54) is 17.7 Å². The number of nitrogens with one attached hydrogen (secondary N) is 1. The molecule has 0 bridgehead atoms. The summed E-state index contributed by atoms with van der Waals surface area (Å²) in [5.41, 5.74) is 0. The molecule has 2 amide bonds. The van der Waals surface area contributed by atoms with Crippen molar-refractivity contribution in [1.29, 1.82) is 0 Å². The van der Waals surface area contributed by atoms with Gasteiger partial charge in [0.1, 0.15) is 6.61 Å². The van der Waals surface area contributed by atoms with Gasteiger partial charge in [-0.3, -0.25) is 9.69 Å². The van der Waals surface area contributed by atoms with E-state index >= 15 is 0 Å². The van der Waals surface area contributed by atoms with Gasteiger partial charge in [0, 0.05) is 6.54 Å². The van der Waals surface area contributed by atoms with E-state index in [0.29, 0.717) is 25.6 Å². The third kappa shape index (κ3) is 3.91. The maximum Gasteiger partial charge on any atom is 0.416 e. The van der Waals surface area contributed by atoms with Crippen LogP contribution in [0.5, 0.6) is 0 Å². The summed E-state index contributed by atoms with van der Waals surface area (Å²) >= 11 is 0. The van der Waals surface area contributed by atoms with Crippen molar-refractivity contribution >= 4 is 12.0 Å². The van der Waals surface area contributed by atoms with E-state index in [2.05, 4.69) is 10.2 Å². The van der Waals surface area contributed by atoms with E-state index in [1.807, 2.05) is 6.92 Å². The second-order valence-corrected chi connectivity index (χ2v) is 5.20. The maximum atomic E-state index is 12.0. The van der Waals surface area contributed by atoms with Gasteiger partial charge in [-0.15, -0.1) is 0 Å². The number of amides is 2. The van der Waals surface area contributed by atoms with Gasteiger partial charge in [0.2, 0.25) is 5.91 Å². The number of carbonyl (C=O) groups excluding carboxylic acids is 2. The van der Waals surface area contributed by atoms with Crippen LogP contribution in [0.2, 0.25) is 0 Å². The predicted octanol–water partition coefficient (Wildman–Crippen LogP) is 0.287. The van der Waals surface area contributed by atoms with Crippen LogP contribution in [0.1, 0.15) is 19.8 Å². The van der Waals surface area contributed by atoms with Gasteiger partial charge >= 0.3 is 6.09 Å². The van der Waals surface area contributed by atoms with Crippen molar-refractivity contribution in [3.05, 3.63) is 0 Å². The summed E-state index contributed by atoms with van der Waals surface area (Å²) in [5, 5.41) is 3.38. The number of likely N-dealkylation sites (N-methyl/N-ethyl adjacent to an activating group) is 1. The minimum atomic E-state index is -0.500. The molecule has 0 aliphatic carbocycles. The molecule has 2 aliphatic heterocycles. The van der Waals surface area contributed by atoms with Crippen LogP contribution in [0, 0.1) is 5.92 Å². The highest BCUT2D eigenvalue weighted by Crippen LogP contribution is 2.12. The molecule has 6 nitrogen and oxygen atoms in total. The zero-order chi connectivity index (χ0) is 13.7.